The van der Waals surface area contributed by atoms with Crippen LogP contribution in [0.1, 0.15) is 49.2 Å². The van der Waals surface area contributed by atoms with Crippen LogP contribution >= 0.6 is 11.3 Å². The molecule has 5 N–H and O–H groups in total. The lowest BCUT2D eigenvalue weighted by atomic mass is 9.99. The number of nitrogens with one attached hydrogen (secondary N) is 1. The van der Waals surface area contributed by atoms with E-state index >= 15 is 0 Å². The third-order valence-electron chi connectivity index (χ3n) is 3.42. The molecule has 1 atom stereocenters. The van der Waals surface area contributed by atoms with Crippen molar-refractivity contribution in [2.24, 2.45) is 11.7 Å². The monoisotopic (exact) mass is 299 g/mol. The molecule has 0 aromatic carbocycles. The van der Waals surface area contributed by atoms with E-state index in [1.54, 1.807) is 7.11 Å². The average Bonchev–Trinajstić information content (AvgIpc) is 2.75. The summed E-state index contributed by atoms with van der Waals surface area (Å²) < 4.78 is 5.27. The summed E-state index contributed by atoms with van der Waals surface area (Å²) in [5.41, 5.74) is 11.5. The number of thiophene rings is 1. The number of hydrogen-bond donors (Lipinski definition) is 3. The molecule has 0 saturated carbocycles. The summed E-state index contributed by atoms with van der Waals surface area (Å²) in [5.74, 6) is 0.617. The maximum atomic E-state index is 11.3. The van der Waals surface area contributed by atoms with E-state index < -0.39 is 5.91 Å². The second kappa shape index (κ2) is 7.99. The summed E-state index contributed by atoms with van der Waals surface area (Å²) in [6, 6.07) is 0. The Bertz CT molecular complexity index is 446. The van der Waals surface area contributed by atoms with Crippen LogP contribution in [0.3, 0.4) is 0 Å². The molecule has 0 radical (unpaired) electrons. The molecule has 114 valence electrons. The fourth-order valence-corrected chi connectivity index (χ4v) is 3.06. The second-order valence-corrected chi connectivity index (χ2v) is 5.89. The van der Waals surface area contributed by atoms with Crippen molar-refractivity contribution in [2.75, 3.05) is 24.7 Å². The highest BCUT2D eigenvalue weighted by atomic mass is 32.1. The molecule has 20 heavy (non-hydrogen) atoms. The number of hydrogen-bond acceptors (Lipinski definition) is 5. The molecule has 6 heteroatoms. The number of nitrogen functional groups attached to an aromatic ring is 1. The Morgan fingerprint density at radius 2 is 2.15 bits per heavy atom. The van der Waals surface area contributed by atoms with E-state index in [1.165, 1.54) is 30.6 Å². The number of anilines is 2. The summed E-state index contributed by atoms with van der Waals surface area (Å²) in [4.78, 5) is 11.7. The molecule has 1 heterocycles. The van der Waals surface area contributed by atoms with E-state index in [9.17, 15) is 4.79 Å². The van der Waals surface area contributed by atoms with Crippen LogP contribution in [-0.4, -0.2) is 19.6 Å². The molecule has 0 aliphatic heterocycles. The largest absolute Gasteiger partial charge is 0.492 e. The number of unbranched alkanes of at least 4 members (excludes halogenated alkanes) is 1. The van der Waals surface area contributed by atoms with Gasteiger partial charge >= 0.3 is 0 Å². The van der Waals surface area contributed by atoms with Crippen LogP contribution in [0.25, 0.3) is 0 Å². The van der Waals surface area contributed by atoms with Gasteiger partial charge < -0.3 is 21.5 Å². The lowest BCUT2D eigenvalue weighted by Gasteiger charge is -2.15. The van der Waals surface area contributed by atoms with Gasteiger partial charge in [-0.05, 0) is 12.3 Å². The Labute approximate surface area is 124 Å². The molecule has 1 aromatic heterocycles. The molecule has 1 aromatic rings. The minimum Gasteiger partial charge on any atom is -0.492 e. The minimum absolute atomic E-state index is 0.328. The summed E-state index contributed by atoms with van der Waals surface area (Å²) in [7, 11) is 1.54. The van der Waals surface area contributed by atoms with Gasteiger partial charge in [0.25, 0.3) is 5.91 Å². The van der Waals surface area contributed by atoms with Crippen molar-refractivity contribution >= 4 is 27.9 Å². The van der Waals surface area contributed by atoms with Gasteiger partial charge in [-0.25, -0.2) is 0 Å². The minimum atomic E-state index is -0.517. The number of amides is 1. The van der Waals surface area contributed by atoms with E-state index in [1.807, 2.05) is 0 Å². The first-order valence-electron chi connectivity index (χ1n) is 7.04. The number of ether oxygens (including phenoxy) is 1. The van der Waals surface area contributed by atoms with Crippen LogP contribution in [0.15, 0.2) is 0 Å². The van der Waals surface area contributed by atoms with Crippen molar-refractivity contribution in [3.63, 3.8) is 0 Å². The SMILES string of the molecule is CCCCC(CC)CNc1sc(C(N)=O)c(N)c1OC. The van der Waals surface area contributed by atoms with Gasteiger partial charge in [0.05, 0.1) is 7.11 Å². The maximum absolute atomic E-state index is 11.3. The van der Waals surface area contributed by atoms with E-state index in [4.69, 9.17) is 16.2 Å². The summed E-state index contributed by atoms with van der Waals surface area (Å²) in [6.07, 6.45) is 4.76. The predicted molar refractivity (Wildman–Crippen MR) is 85.6 cm³/mol. The Morgan fingerprint density at radius 3 is 2.65 bits per heavy atom. The molecule has 1 rings (SSSR count). The smallest absolute Gasteiger partial charge is 0.261 e. The third-order valence-corrected chi connectivity index (χ3v) is 4.58. The Balaban J connectivity index is 2.76. The van der Waals surface area contributed by atoms with Gasteiger partial charge in [0.2, 0.25) is 0 Å². The molecular formula is C14H25N3O2S. The van der Waals surface area contributed by atoms with Gasteiger partial charge in [-0.15, -0.1) is 11.3 Å². The fourth-order valence-electron chi connectivity index (χ4n) is 2.11. The number of methoxy groups -OCH3 is 1. The molecule has 0 fully saturated rings. The predicted octanol–water partition coefficient (Wildman–Crippen LogP) is 3.07. The first-order chi connectivity index (χ1) is 9.54. The second-order valence-electron chi connectivity index (χ2n) is 4.87. The first-order valence-corrected chi connectivity index (χ1v) is 7.86. The van der Waals surface area contributed by atoms with E-state index in [2.05, 4.69) is 19.2 Å². The van der Waals surface area contributed by atoms with Crippen LogP contribution in [0, 0.1) is 5.92 Å². The number of carbonyl (C=O) groups is 1. The van der Waals surface area contributed by atoms with Crippen molar-refractivity contribution in [1.29, 1.82) is 0 Å². The van der Waals surface area contributed by atoms with Gasteiger partial charge in [0.15, 0.2) is 5.75 Å². The highest BCUT2D eigenvalue weighted by Gasteiger charge is 2.20. The standard InChI is InChI=1S/C14H25N3O2S/c1-4-6-7-9(5-2)8-17-14-11(19-3)10(15)12(20-14)13(16)18/h9,17H,4-8,15H2,1-3H3,(H2,16,18). The molecule has 0 spiro atoms. The summed E-state index contributed by atoms with van der Waals surface area (Å²) in [6.45, 7) is 5.24. The highest BCUT2D eigenvalue weighted by molar-refractivity contribution is 7.19. The zero-order valence-corrected chi connectivity index (χ0v) is 13.3. The molecule has 0 saturated heterocycles. The first kappa shape index (κ1) is 16.6. The average molecular weight is 299 g/mol. The zero-order valence-electron chi connectivity index (χ0n) is 12.5. The van der Waals surface area contributed by atoms with Crippen LogP contribution in [0.4, 0.5) is 10.7 Å². The molecule has 0 bridgehead atoms. The summed E-state index contributed by atoms with van der Waals surface area (Å²) in [5, 5.41) is 4.13. The van der Waals surface area contributed by atoms with Crippen molar-refractivity contribution in [2.45, 2.75) is 39.5 Å². The van der Waals surface area contributed by atoms with Gasteiger partial charge in [-0.1, -0.05) is 33.1 Å². The van der Waals surface area contributed by atoms with E-state index in [0.717, 1.165) is 18.0 Å². The number of nitrogens with two attached hydrogens (primary N) is 2. The number of rotatable bonds is 9. The van der Waals surface area contributed by atoms with Crippen molar-refractivity contribution in [1.82, 2.24) is 0 Å². The molecule has 5 nitrogen and oxygen atoms in total. The lowest BCUT2D eigenvalue weighted by Crippen LogP contribution is -2.13. The van der Waals surface area contributed by atoms with Gasteiger partial charge in [-0.3, -0.25) is 4.79 Å². The van der Waals surface area contributed by atoms with Gasteiger partial charge in [0.1, 0.15) is 15.6 Å². The Kier molecular flexibility index (Phi) is 6.64. The Morgan fingerprint density at radius 1 is 1.45 bits per heavy atom. The third kappa shape index (κ3) is 4.03. The maximum Gasteiger partial charge on any atom is 0.261 e. The van der Waals surface area contributed by atoms with Crippen molar-refractivity contribution in [3.8, 4) is 5.75 Å². The van der Waals surface area contributed by atoms with Crippen LogP contribution in [0.2, 0.25) is 0 Å². The van der Waals surface area contributed by atoms with Crippen molar-refractivity contribution in [3.05, 3.63) is 4.88 Å². The lowest BCUT2D eigenvalue weighted by molar-refractivity contribution is 0.100. The number of primary amides is 1. The molecule has 1 amide bonds. The molecular weight excluding hydrogens is 274 g/mol. The normalized spacial score (nSPS) is 12.2. The number of carbonyl (C=O) groups excluding carboxylic acids is 1. The zero-order chi connectivity index (χ0) is 15.1. The van der Waals surface area contributed by atoms with E-state index in [-0.39, 0.29) is 0 Å². The molecule has 1 unspecified atom stereocenters. The van der Waals surface area contributed by atoms with Crippen LogP contribution in [0.5, 0.6) is 5.75 Å². The summed E-state index contributed by atoms with van der Waals surface area (Å²) >= 11 is 1.26. The fraction of sp³-hybridized carbons (Fsp3) is 0.643. The quantitative estimate of drug-likeness (QED) is 0.653. The van der Waals surface area contributed by atoms with Gasteiger partial charge in [0, 0.05) is 6.54 Å². The van der Waals surface area contributed by atoms with Crippen LogP contribution in [-0.2, 0) is 0 Å². The van der Waals surface area contributed by atoms with Crippen molar-refractivity contribution < 1.29 is 9.53 Å². The highest BCUT2D eigenvalue weighted by Crippen LogP contribution is 2.42. The van der Waals surface area contributed by atoms with E-state index in [0.29, 0.717) is 22.2 Å². The Hall–Kier alpha value is -1.43. The molecule has 0 aliphatic rings. The van der Waals surface area contributed by atoms with Crippen LogP contribution < -0.4 is 21.5 Å². The molecule has 0 aliphatic carbocycles. The van der Waals surface area contributed by atoms with Gasteiger partial charge in [-0.2, -0.15) is 0 Å². The topological polar surface area (TPSA) is 90.4 Å².